The van der Waals surface area contributed by atoms with Gasteiger partial charge in [-0.05, 0) is 36.1 Å². The molecule has 0 amide bonds. The Labute approximate surface area is 121 Å². The first-order valence-corrected chi connectivity index (χ1v) is 8.08. The summed E-state index contributed by atoms with van der Waals surface area (Å²) in [5.74, 6) is 0.512. The van der Waals surface area contributed by atoms with Crippen molar-refractivity contribution in [2.75, 3.05) is 11.8 Å². The maximum Gasteiger partial charge on any atom is 0.271 e. The van der Waals surface area contributed by atoms with Crippen LogP contribution in [0.1, 0.15) is 5.56 Å². The van der Waals surface area contributed by atoms with E-state index in [1.54, 1.807) is 36.6 Å². The minimum Gasteiger partial charge on any atom is -0.495 e. The monoisotopic (exact) mass is 317 g/mol. The van der Waals surface area contributed by atoms with Gasteiger partial charge in [0.2, 0.25) is 0 Å². The molecular formula is C12H12ClNO3S2. The molecular weight excluding hydrogens is 306 g/mol. The fraction of sp³-hybridized carbons (Fsp3) is 0.167. The number of thiophene rings is 1. The standard InChI is InChI=1S/C12H12ClNO3S2/c1-8-6-11(17-2)9(13)7-10(8)14-19(15,16)12-4-3-5-18-12/h3-7,14H,1-2H3. The van der Waals surface area contributed by atoms with E-state index in [4.69, 9.17) is 16.3 Å². The number of halogens is 1. The Bertz CT molecular complexity index is 681. The van der Waals surface area contributed by atoms with E-state index in [0.29, 0.717) is 16.5 Å². The van der Waals surface area contributed by atoms with Gasteiger partial charge in [-0.3, -0.25) is 4.72 Å². The van der Waals surface area contributed by atoms with Crippen LogP contribution in [-0.2, 0) is 10.0 Å². The predicted molar refractivity (Wildman–Crippen MR) is 77.9 cm³/mol. The number of benzene rings is 1. The van der Waals surface area contributed by atoms with Crippen LogP contribution in [-0.4, -0.2) is 15.5 Å². The molecule has 0 atom stereocenters. The highest BCUT2D eigenvalue weighted by Crippen LogP contribution is 2.32. The third kappa shape index (κ3) is 3.02. The lowest BCUT2D eigenvalue weighted by molar-refractivity contribution is 0.415. The summed E-state index contributed by atoms with van der Waals surface area (Å²) in [4.78, 5) is 0. The molecule has 0 aliphatic rings. The van der Waals surface area contributed by atoms with Crippen LogP contribution in [0.15, 0.2) is 33.9 Å². The smallest absolute Gasteiger partial charge is 0.271 e. The number of nitrogens with one attached hydrogen (secondary N) is 1. The fourth-order valence-corrected chi connectivity index (χ4v) is 3.89. The average Bonchev–Trinajstić information content (AvgIpc) is 2.87. The molecule has 0 unspecified atom stereocenters. The zero-order valence-corrected chi connectivity index (χ0v) is 12.7. The third-order valence-corrected chi connectivity index (χ3v) is 5.56. The second-order valence-electron chi connectivity index (χ2n) is 3.84. The number of ether oxygens (including phenoxy) is 1. The molecule has 102 valence electrons. The Kier molecular flexibility index (Phi) is 4.03. The van der Waals surface area contributed by atoms with E-state index in [1.807, 2.05) is 0 Å². The van der Waals surface area contributed by atoms with E-state index >= 15 is 0 Å². The van der Waals surface area contributed by atoms with E-state index in [9.17, 15) is 8.42 Å². The van der Waals surface area contributed by atoms with Crippen LogP contribution >= 0.6 is 22.9 Å². The van der Waals surface area contributed by atoms with E-state index in [2.05, 4.69) is 4.72 Å². The Balaban J connectivity index is 2.37. The molecule has 1 heterocycles. The van der Waals surface area contributed by atoms with Gasteiger partial charge in [-0.2, -0.15) is 0 Å². The molecule has 0 saturated carbocycles. The zero-order valence-electron chi connectivity index (χ0n) is 10.3. The molecule has 1 aromatic carbocycles. The highest BCUT2D eigenvalue weighted by atomic mass is 35.5. The van der Waals surface area contributed by atoms with Crippen molar-refractivity contribution in [1.82, 2.24) is 0 Å². The minimum atomic E-state index is -3.56. The Morgan fingerprint density at radius 1 is 1.37 bits per heavy atom. The Hall–Kier alpha value is -1.24. The third-order valence-electron chi connectivity index (χ3n) is 2.50. The lowest BCUT2D eigenvalue weighted by Gasteiger charge is -2.12. The van der Waals surface area contributed by atoms with Crippen molar-refractivity contribution >= 4 is 38.6 Å². The van der Waals surface area contributed by atoms with Crippen molar-refractivity contribution < 1.29 is 13.2 Å². The summed E-state index contributed by atoms with van der Waals surface area (Å²) in [6, 6.07) is 6.47. The molecule has 0 fully saturated rings. The summed E-state index contributed by atoms with van der Waals surface area (Å²) in [7, 11) is -2.05. The van der Waals surface area contributed by atoms with Crippen molar-refractivity contribution in [3.8, 4) is 5.75 Å². The first-order valence-electron chi connectivity index (χ1n) is 5.34. The molecule has 0 bridgehead atoms. The molecule has 1 aromatic heterocycles. The van der Waals surface area contributed by atoms with Gasteiger partial charge >= 0.3 is 0 Å². The molecule has 1 N–H and O–H groups in total. The number of anilines is 1. The van der Waals surface area contributed by atoms with Crippen LogP contribution in [0.5, 0.6) is 5.75 Å². The molecule has 4 nitrogen and oxygen atoms in total. The van der Waals surface area contributed by atoms with Gasteiger partial charge in [-0.25, -0.2) is 8.42 Å². The van der Waals surface area contributed by atoms with Gasteiger partial charge in [-0.15, -0.1) is 11.3 Å². The summed E-state index contributed by atoms with van der Waals surface area (Å²) in [5.41, 5.74) is 1.18. The van der Waals surface area contributed by atoms with Crippen molar-refractivity contribution in [1.29, 1.82) is 0 Å². The maximum absolute atomic E-state index is 12.1. The SMILES string of the molecule is COc1cc(C)c(NS(=O)(=O)c2cccs2)cc1Cl. The normalized spacial score (nSPS) is 11.3. The summed E-state index contributed by atoms with van der Waals surface area (Å²) in [5, 5.41) is 2.07. The van der Waals surface area contributed by atoms with Crippen molar-refractivity contribution in [3.63, 3.8) is 0 Å². The summed E-state index contributed by atoms with van der Waals surface area (Å²) in [6.07, 6.45) is 0. The molecule has 2 rings (SSSR count). The highest BCUT2D eigenvalue weighted by molar-refractivity contribution is 7.94. The number of rotatable bonds is 4. The lowest BCUT2D eigenvalue weighted by Crippen LogP contribution is -2.12. The fourth-order valence-electron chi connectivity index (χ4n) is 1.53. The van der Waals surface area contributed by atoms with Crippen LogP contribution in [0.25, 0.3) is 0 Å². The molecule has 2 aromatic rings. The van der Waals surface area contributed by atoms with Crippen molar-refractivity contribution in [3.05, 3.63) is 40.2 Å². The van der Waals surface area contributed by atoms with Crippen molar-refractivity contribution in [2.45, 2.75) is 11.1 Å². The number of aryl methyl sites for hydroxylation is 1. The maximum atomic E-state index is 12.1. The van der Waals surface area contributed by atoms with Crippen LogP contribution < -0.4 is 9.46 Å². The predicted octanol–water partition coefficient (Wildman–Crippen LogP) is 3.52. The largest absolute Gasteiger partial charge is 0.495 e. The molecule has 0 aliphatic heterocycles. The number of sulfonamides is 1. The van der Waals surface area contributed by atoms with Gasteiger partial charge in [-0.1, -0.05) is 17.7 Å². The first kappa shape index (κ1) is 14.2. The van der Waals surface area contributed by atoms with Gasteiger partial charge < -0.3 is 4.74 Å². The molecule has 0 aliphatic carbocycles. The van der Waals surface area contributed by atoms with E-state index in [-0.39, 0.29) is 4.21 Å². The summed E-state index contributed by atoms with van der Waals surface area (Å²) < 4.78 is 32.1. The molecule has 0 spiro atoms. The molecule has 0 radical (unpaired) electrons. The van der Waals surface area contributed by atoms with Crippen LogP contribution in [0.3, 0.4) is 0 Å². The van der Waals surface area contributed by atoms with Crippen LogP contribution in [0, 0.1) is 6.92 Å². The number of methoxy groups -OCH3 is 1. The lowest BCUT2D eigenvalue weighted by atomic mass is 10.2. The second-order valence-corrected chi connectivity index (χ2v) is 7.10. The van der Waals surface area contributed by atoms with E-state index in [1.165, 1.54) is 7.11 Å². The van der Waals surface area contributed by atoms with Gasteiger partial charge in [0.25, 0.3) is 10.0 Å². The Morgan fingerprint density at radius 3 is 2.68 bits per heavy atom. The van der Waals surface area contributed by atoms with Gasteiger partial charge in [0, 0.05) is 0 Å². The van der Waals surface area contributed by atoms with Crippen molar-refractivity contribution in [2.24, 2.45) is 0 Å². The summed E-state index contributed by atoms with van der Waals surface area (Å²) >= 11 is 7.16. The topological polar surface area (TPSA) is 55.4 Å². The number of hydrogen-bond acceptors (Lipinski definition) is 4. The Morgan fingerprint density at radius 2 is 2.11 bits per heavy atom. The van der Waals surface area contributed by atoms with Crippen LogP contribution in [0.4, 0.5) is 5.69 Å². The quantitative estimate of drug-likeness (QED) is 0.938. The van der Waals surface area contributed by atoms with Gasteiger partial charge in [0.15, 0.2) is 0 Å². The molecule has 7 heteroatoms. The van der Waals surface area contributed by atoms with Gasteiger partial charge in [0.05, 0.1) is 17.8 Å². The first-order chi connectivity index (χ1) is 8.94. The van der Waals surface area contributed by atoms with E-state index < -0.39 is 10.0 Å². The molecule has 0 saturated heterocycles. The van der Waals surface area contributed by atoms with Gasteiger partial charge in [0.1, 0.15) is 9.96 Å². The van der Waals surface area contributed by atoms with E-state index in [0.717, 1.165) is 16.9 Å². The highest BCUT2D eigenvalue weighted by Gasteiger charge is 2.17. The van der Waals surface area contributed by atoms with Crippen LogP contribution in [0.2, 0.25) is 5.02 Å². The zero-order chi connectivity index (χ0) is 14.0. The second kappa shape index (κ2) is 5.40. The number of hydrogen-bond donors (Lipinski definition) is 1. The molecule has 19 heavy (non-hydrogen) atoms. The summed E-state index contributed by atoms with van der Waals surface area (Å²) in [6.45, 7) is 1.78. The average molecular weight is 318 g/mol. The minimum absolute atomic E-state index is 0.263.